The van der Waals surface area contributed by atoms with E-state index in [2.05, 4.69) is 31.1 Å². The first-order valence-corrected chi connectivity index (χ1v) is 8.57. The molecular weight excluding hydrogens is 268 g/mol. The molecule has 112 valence electrons. The summed E-state index contributed by atoms with van der Waals surface area (Å²) in [6.07, 6.45) is 6.26. The van der Waals surface area contributed by atoms with Gasteiger partial charge in [-0.3, -0.25) is 4.79 Å². The van der Waals surface area contributed by atoms with E-state index in [9.17, 15) is 4.79 Å². The minimum Gasteiger partial charge on any atom is -0.343 e. The highest BCUT2D eigenvalue weighted by Gasteiger charge is 2.19. The number of carbonyl (C=O) groups excluding carboxylic acids is 1. The Kier molecular flexibility index (Phi) is 5.19. The number of thiazole rings is 1. The molecule has 0 aromatic carbocycles. The topological polar surface area (TPSA) is 33.2 Å². The Bertz CT molecular complexity index is 440. The molecule has 1 aliphatic rings. The second-order valence-corrected chi connectivity index (χ2v) is 7.61. The van der Waals surface area contributed by atoms with Crippen LogP contribution in [0, 0.1) is 0 Å². The van der Waals surface area contributed by atoms with Gasteiger partial charge < -0.3 is 4.90 Å². The van der Waals surface area contributed by atoms with E-state index in [1.165, 1.54) is 12.8 Å². The van der Waals surface area contributed by atoms with Crippen LogP contribution < -0.4 is 0 Å². The highest BCUT2D eigenvalue weighted by molar-refractivity contribution is 7.09. The number of hydrogen-bond acceptors (Lipinski definition) is 3. The summed E-state index contributed by atoms with van der Waals surface area (Å²) in [5.74, 6) is 0.305. The molecule has 2 heterocycles. The van der Waals surface area contributed by atoms with Crippen LogP contribution in [0.2, 0.25) is 0 Å². The summed E-state index contributed by atoms with van der Waals surface area (Å²) in [7, 11) is 0. The molecule has 1 aliphatic heterocycles. The number of nitrogens with zero attached hydrogens (tertiary/aromatic N) is 2. The minimum atomic E-state index is 0.101. The van der Waals surface area contributed by atoms with Crippen molar-refractivity contribution < 1.29 is 4.79 Å². The van der Waals surface area contributed by atoms with Crippen LogP contribution in [-0.2, 0) is 16.6 Å². The summed E-state index contributed by atoms with van der Waals surface area (Å²) < 4.78 is 0. The van der Waals surface area contributed by atoms with Gasteiger partial charge in [0.25, 0.3) is 0 Å². The normalized spacial score (nSPS) is 17.1. The Morgan fingerprint density at radius 1 is 1.25 bits per heavy atom. The first kappa shape index (κ1) is 15.5. The highest BCUT2D eigenvalue weighted by Crippen LogP contribution is 2.24. The molecule has 1 aromatic rings. The van der Waals surface area contributed by atoms with Crippen molar-refractivity contribution >= 4 is 17.2 Å². The molecule has 1 saturated heterocycles. The molecule has 20 heavy (non-hydrogen) atoms. The molecule has 4 heteroatoms. The van der Waals surface area contributed by atoms with Crippen molar-refractivity contribution in [2.75, 3.05) is 13.1 Å². The smallest absolute Gasteiger partial charge is 0.222 e. The van der Waals surface area contributed by atoms with Crippen molar-refractivity contribution in [2.24, 2.45) is 0 Å². The molecule has 0 spiro atoms. The van der Waals surface area contributed by atoms with Crippen LogP contribution in [0.4, 0.5) is 0 Å². The summed E-state index contributed by atoms with van der Waals surface area (Å²) in [5, 5.41) is 3.23. The van der Waals surface area contributed by atoms with Gasteiger partial charge in [-0.1, -0.05) is 33.6 Å². The molecular formula is C16H26N2OS. The number of aromatic nitrogens is 1. The van der Waals surface area contributed by atoms with Gasteiger partial charge in [-0.2, -0.15) is 0 Å². The van der Waals surface area contributed by atoms with Gasteiger partial charge in [-0.15, -0.1) is 11.3 Å². The maximum absolute atomic E-state index is 12.2. The molecule has 1 amide bonds. The van der Waals surface area contributed by atoms with Gasteiger partial charge in [0.1, 0.15) is 0 Å². The second kappa shape index (κ2) is 6.70. The molecule has 0 N–H and O–H groups in total. The van der Waals surface area contributed by atoms with E-state index in [1.54, 1.807) is 11.3 Å². The van der Waals surface area contributed by atoms with Crippen LogP contribution in [-0.4, -0.2) is 28.9 Å². The lowest BCUT2D eigenvalue weighted by Crippen LogP contribution is -2.31. The van der Waals surface area contributed by atoms with E-state index in [-0.39, 0.29) is 5.41 Å². The van der Waals surface area contributed by atoms with Crippen LogP contribution in [0.3, 0.4) is 0 Å². The summed E-state index contributed by atoms with van der Waals surface area (Å²) >= 11 is 1.69. The third kappa shape index (κ3) is 4.30. The number of amides is 1. The lowest BCUT2D eigenvalue weighted by atomic mass is 9.93. The van der Waals surface area contributed by atoms with Gasteiger partial charge in [0, 0.05) is 36.7 Å². The molecule has 3 nitrogen and oxygen atoms in total. The molecule has 0 saturated carbocycles. The predicted molar refractivity (Wildman–Crippen MR) is 84.2 cm³/mol. The van der Waals surface area contributed by atoms with Crippen molar-refractivity contribution in [2.45, 2.75) is 64.7 Å². The molecule has 0 aliphatic carbocycles. The molecule has 0 unspecified atom stereocenters. The lowest BCUT2D eigenvalue weighted by Gasteiger charge is -2.19. The van der Waals surface area contributed by atoms with Gasteiger partial charge in [0.2, 0.25) is 5.91 Å². The fourth-order valence-corrected chi connectivity index (χ4v) is 3.49. The Balaban J connectivity index is 1.85. The van der Waals surface area contributed by atoms with E-state index < -0.39 is 0 Å². The number of likely N-dealkylation sites (tertiary alicyclic amines) is 1. The average molecular weight is 294 g/mol. The molecule has 0 bridgehead atoms. The van der Waals surface area contributed by atoms with Gasteiger partial charge >= 0.3 is 0 Å². The zero-order chi connectivity index (χ0) is 14.6. The van der Waals surface area contributed by atoms with E-state index >= 15 is 0 Å². The van der Waals surface area contributed by atoms with Crippen molar-refractivity contribution in [3.63, 3.8) is 0 Å². The van der Waals surface area contributed by atoms with Gasteiger partial charge in [0.15, 0.2) is 0 Å². The van der Waals surface area contributed by atoms with E-state index in [0.29, 0.717) is 12.3 Å². The van der Waals surface area contributed by atoms with Gasteiger partial charge in [-0.25, -0.2) is 4.98 Å². The number of aryl methyl sites for hydroxylation is 1. The molecule has 0 atom stereocenters. The van der Waals surface area contributed by atoms with Crippen molar-refractivity contribution in [3.8, 4) is 0 Å². The van der Waals surface area contributed by atoms with E-state index in [1.807, 2.05) is 4.90 Å². The third-order valence-corrected chi connectivity index (χ3v) is 4.74. The third-order valence-electron chi connectivity index (χ3n) is 3.83. The Morgan fingerprint density at radius 3 is 2.45 bits per heavy atom. The highest BCUT2D eigenvalue weighted by atomic mass is 32.1. The standard InChI is InChI=1S/C16H26N2OS/c1-16(2,3)13-12-20-14(17-13)8-9-15(19)18-10-6-4-5-7-11-18/h12H,4-11H2,1-3H3. The maximum Gasteiger partial charge on any atom is 0.222 e. The molecule has 1 aromatic heterocycles. The number of carbonyl (C=O) groups is 1. The SMILES string of the molecule is CC(C)(C)c1csc(CCC(=O)N2CCCCCC2)n1. The lowest BCUT2D eigenvalue weighted by molar-refractivity contribution is -0.131. The Hall–Kier alpha value is -0.900. The van der Waals surface area contributed by atoms with Gasteiger partial charge in [-0.05, 0) is 12.8 Å². The van der Waals surface area contributed by atoms with Gasteiger partial charge in [0.05, 0.1) is 10.7 Å². The summed E-state index contributed by atoms with van der Waals surface area (Å²) in [4.78, 5) is 18.9. The maximum atomic E-state index is 12.2. The Morgan fingerprint density at radius 2 is 1.90 bits per heavy atom. The number of rotatable bonds is 3. The predicted octanol–water partition coefficient (Wildman–Crippen LogP) is 3.78. The zero-order valence-electron chi connectivity index (χ0n) is 12.9. The molecule has 2 rings (SSSR count). The molecule has 0 radical (unpaired) electrons. The fraction of sp³-hybridized carbons (Fsp3) is 0.750. The Labute approximate surface area is 126 Å². The quantitative estimate of drug-likeness (QED) is 0.850. The number of hydrogen-bond donors (Lipinski definition) is 0. The van der Waals surface area contributed by atoms with Crippen molar-refractivity contribution in [1.29, 1.82) is 0 Å². The minimum absolute atomic E-state index is 0.101. The van der Waals surface area contributed by atoms with Crippen LogP contribution >= 0.6 is 11.3 Å². The van der Waals surface area contributed by atoms with E-state index in [0.717, 1.165) is 43.1 Å². The second-order valence-electron chi connectivity index (χ2n) is 6.67. The first-order valence-electron chi connectivity index (χ1n) is 7.69. The summed E-state index contributed by atoms with van der Waals surface area (Å²) in [6, 6.07) is 0. The fourth-order valence-electron chi connectivity index (χ4n) is 2.46. The average Bonchev–Trinajstić information content (AvgIpc) is 2.70. The van der Waals surface area contributed by atoms with Crippen molar-refractivity contribution in [3.05, 3.63) is 16.1 Å². The first-order chi connectivity index (χ1) is 9.47. The molecule has 1 fully saturated rings. The van der Waals surface area contributed by atoms with Crippen LogP contribution in [0.5, 0.6) is 0 Å². The van der Waals surface area contributed by atoms with Crippen LogP contribution in [0.15, 0.2) is 5.38 Å². The van der Waals surface area contributed by atoms with Crippen molar-refractivity contribution in [1.82, 2.24) is 9.88 Å². The van der Waals surface area contributed by atoms with E-state index in [4.69, 9.17) is 0 Å². The van der Waals surface area contributed by atoms with Crippen LogP contribution in [0.1, 0.15) is 63.6 Å². The monoisotopic (exact) mass is 294 g/mol. The largest absolute Gasteiger partial charge is 0.343 e. The summed E-state index contributed by atoms with van der Waals surface area (Å²) in [6.45, 7) is 8.42. The summed E-state index contributed by atoms with van der Waals surface area (Å²) in [5.41, 5.74) is 1.24. The van der Waals surface area contributed by atoms with Crippen LogP contribution in [0.25, 0.3) is 0 Å². The zero-order valence-corrected chi connectivity index (χ0v) is 13.8.